The van der Waals surface area contributed by atoms with E-state index in [9.17, 15) is 9.59 Å². The Morgan fingerprint density at radius 3 is 2.80 bits per heavy atom. The zero-order valence-electron chi connectivity index (χ0n) is 14.2. The summed E-state index contributed by atoms with van der Waals surface area (Å²) in [5.41, 5.74) is 1.05. The molecule has 0 unspecified atom stereocenters. The van der Waals surface area contributed by atoms with Crippen LogP contribution in [0.1, 0.15) is 31.4 Å². The van der Waals surface area contributed by atoms with E-state index >= 15 is 0 Å². The van der Waals surface area contributed by atoms with Crippen molar-refractivity contribution in [2.45, 2.75) is 25.8 Å². The Kier molecular flexibility index (Phi) is 7.31. The molecule has 0 bridgehead atoms. The van der Waals surface area contributed by atoms with E-state index in [4.69, 9.17) is 9.47 Å². The number of carbonyl (C=O) groups is 2. The minimum atomic E-state index is -0.723. The number of halogens is 1. The number of amides is 2. The Bertz CT molecular complexity index is 635. The number of urea groups is 1. The van der Waals surface area contributed by atoms with Gasteiger partial charge in [0.05, 0.1) is 19.3 Å². The molecule has 2 N–H and O–H groups in total. The molecule has 2 atom stereocenters. The number of alkyl halides is 1. The second-order valence-electron chi connectivity index (χ2n) is 5.68. The largest absolute Gasteiger partial charge is 0.493 e. The van der Waals surface area contributed by atoms with Crippen molar-refractivity contribution in [2.75, 3.05) is 18.5 Å². The Morgan fingerprint density at radius 2 is 2.08 bits per heavy atom. The second kappa shape index (κ2) is 9.46. The van der Waals surface area contributed by atoms with Crippen molar-refractivity contribution in [3.8, 4) is 5.75 Å². The predicted molar refractivity (Wildman–Crippen MR) is 98.6 cm³/mol. The predicted octanol–water partition coefficient (Wildman–Crippen LogP) is 3.29. The lowest BCUT2D eigenvalue weighted by Crippen LogP contribution is -2.51. The van der Waals surface area contributed by atoms with E-state index in [2.05, 4.69) is 33.1 Å². The van der Waals surface area contributed by atoms with Gasteiger partial charge in [-0.15, -0.1) is 0 Å². The number of hydrogen-bond acceptors (Lipinski definition) is 4. The third kappa shape index (κ3) is 4.98. The molecule has 0 spiro atoms. The molecule has 25 heavy (non-hydrogen) atoms. The lowest BCUT2D eigenvalue weighted by Gasteiger charge is -2.34. The van der Waals surface area contributed by atoms with Crippen molar-refractivity contribution in [3.63, 3.8) is 0 Å². The molecule has 1 aliphatic heterocycles. The molecular formula is C18H23BrN2O4. The average molecular weight is 411 g/mol. The smallest absolute Gasteiger partial charge is 0.319 e. The second-order valence-corrected chi connectivity index (χ2v) is 6.47. The monoisotopic (exact) mass is 410 g/mol. The number of nitrogens with one attached hydrogen (secondary N) is 2. The number of benzene rings is 1. The number of rotatable bonds is 8. The fourth-order valence-electron chi connectivity index (χ4n) is 2.62. The quantitative estimate of drug-likeness (QED) is 0.391. The molecule has 0 aliphatic carbocycles. The number of ether oxygens (including phenoxy) is 2. The summed E-state index contributed by atoms with van der Waals surface area (Å²) in [5, 5.41) is 6.12. The zero-order chi connectivity index (χ0) is 18.2. The van der Waals surface area contributed by atoms with Gasteiger partial charge in [-0.25, -0.2) is 4.79 Å². The molecule has 0 aromatic heterocycles. The number of para-hydroxylation sites is 1. The van der Waals surface area contributed by atoms with E-state index < -0.39 is 24.0 Å². The summed E-state index contributed by atoms with van der Waals surface area (Å²) in [7, 11) is 0. The molecule has 0 saturated carbocycles. The van der Waals surface area contributed by atoms with Crippen LogP contribution < -0.4 is 15.4 Å². The highest BCUT2D eigenvalue weighted by Crippen LogP contribution is 2.35. The van der Waals surface area contributed by atoms with Crippen molar-refractivity contribution in [1.29, 1.82) is 0 Å². The van der Waals surface area contributed by atoms with Gasteiger partial charge in [0.2, 0.25) is 0 Å². The van der Waals surface area contributed by atoms with E-state index in [1.54, 1.807) is 0 Å². The summed E-state index contributed by atoms with van der Waals surface area (Å²) in [6.45, 7) is 6.72. The summed E-state index contributed by atoms with van der Waals surface area (Å²) in [4.78, 5) is 24.5. The summed E-state index contributed by atoms with van der Waals surface area (Å²) in [5.74, 6) is -0.504. The van der Waals surface area contributed by atoms with E-state index in [0.29, 0.717) is 31.1 Å². The highest BCUT2D eigenvalue weighted by molar-refractivity contribution is 9.09. The lowest BCUT2D eigenvalue weighted by atomic mass is 9.88. The third-order valence-electron chi connectivity index (χ3n) is 3.76. The van der Waals surface area contributed by atoms with Gasteiger partial charge in [0.15, 0.2) is 0 Å². The summed E-state index contributed by atoms with van der Waals surface area (Å²) < 4.78 is 11.1. The first-order valence-corrected chi connectivity index (χ1v) is 9.41. The van der Waals surface area contributed by atoms with Gasteiger partial charge in [-0.1, -0.05) is 47.6 Å². The van der Waals surface area contributed by atoms with Gasteiger partial charge in [0.25, 0.3) is 0 Å². The maximum Gasteiger partial charge on any atom is 0.319 e. The van der Waals surface area contributed by atoms with Crippen molar-refractivity contribution in [1.82, 2.24) is 10.6 Å². The SMILES string of the molecule is C=C1NC(=O)N[C@@H](c2ccccc2OCCC)[C@@H]1C(=O)OCCCBr. The molecule has 136 valence electrons. The first kappa shape index (κ1) is 19.3. The standard InChI is InChI=1S/C18H23BrN2O4/c1-3-10-24-14-8-5-4-7-13(14)16-15(12(2)20-18(23)21-16)17(22)25-11-6-9-19/h4-5,7-8,15-16H,2-3,6,9-11H2,1H3,(H2,20,21,23)/t15-,16+/m1/s1. The molecule has 2 rings (SSSR count). The van der Waals surface area contributed by atoms with Crippen LogP contribution in [0.25, 0.3) is 0 Å². The van der Waals surface area contributed by atoms with Crippen LogP contribution in [0.2, 0.25) is 0 Å². The van der Waals surface area contributed by atoms with E-state index in [0.717, 1.165) is 17.3 Å². The van der Waals surface area contributed by atoms with Crippen molar-refractivity contribution in [2.24, 2.45) is 5.92 Å². The lowest BCUT2D eigenvalue weighted by molar-refractivity contribution is -0.148. The van der Waals surface area contributed by atoms with Crippen LogP contribution in [0.3, 0.4) is 0 Å². The maximum absolute atomic E-state index is 12.6. The normalized spacial score (nSPS) is 19.8. The topological polar surface area (TPSA) is 76.7 Å². The molecule has 0 radical (unpaired) electrons. The van der Waals surface area contributed by atoms with Gasteiger partial charge in [0.1, 0.15) is 11.7 Å². The van der Waals surface area contributed by atoms with Crippen molar-refractivity contribution >= 4 is 27.9 Å². The number of hydrogen-bond donors (Lipinski definition) is 2. The molecule has 1 aromatic carbocycles. The van der Waals surface area contributed by atoms with E-state index in [-0.39, 0.29) is 0 Å². The van der Waals surface area contributed by atoms with Gasteiger partial charge in [0, 0.05) is 16.6 Å². The van der Waals surface area contributed by atoms with Crippen LogP contribution in [-0.2, 0) is 9.53 Å². The molecule has 1 fully saturated rings. The molecule has 1 aliphatic rings. The maximum atomic E-state index is 12.6. The first-order valence-electron chi connectivity index (χ1n) is 8.29. The molecule has 1 heterocycles. The fraction of sp³-hybridized carbons (Fsp3) is 0.444. The van der Waals surface area contributed by atoms with Crippen LogP contribution in [-0.4, -0.2) is 30.5 Å². The molecule has 1 saturated heterocycles. The van der Waals surface area contributed by atoms with Gasteiger partial charge in [-0.05, 0) is 18.9 Å². The molecule has 7 heteroatoms. The molecular weight excluding hydrogens is 388 g/mol. The first-order chi connectivity index (χ1) is 12.1. The highest BCUT2D eigenvalue weighted by atomic mass is 79.9. The van der Waals surface area contributed by atoms with Gasteiger partial charge < -0.3 is 20.1 Å². The van der Waals surface area contributed by atoms with Crippen LogP contribution in [0.15, 0.2) is 36.5 Å². The Hall–Kier alpha value is -2.02. The average Bonchev–Trinajstić information content (AvgIpc) is 2.59. The van der Waals surface area contributed by atoms with Crippen LogP contribution in [0.5, 0.6) is 5.75 Å². The fourth-order valence-corrected chi connectivity index (χ4v) is 2.85. The van der Waals surface area contributed by atoms with Gasteiger partial charge >= 0.3 is 12.0 Å². The summed E-state index contributed by atoms with van der Waals surface area (Å²) in [6.07, 6.45) is 1.57. The Morgan fingerprint density at radius 1 is 1.32 bits per heavy atom. The van der Waals surface area contributed by atoms with Crippen molar-refractivity contribution < 1.29 is 19.1 Å². The van der Waals surface area contributed by atoms with E-state index in [1.807, 2.05) is 31.2 Å². The summed E-state index contributed by atoms with van der Waals surface area (Å²) in [6, 6.07) is 6.38. The van der Waals surface area contributed by atoms with Gasteiger partial charge in [-0.3, -0.25) is 4.79 Å². The third-order valence-corrected chi connectivity index (χ3v) is 4.32. The Labute approximate surface area is 156 Å². The molecule has 6 nitrogen and oxygen atoms in total. The minimum absolute atomic E-state index is 0.308. The van der Waals surface area contributed by atoms with Crippen molar-refractivity contribution in [3.05, 3.63) is 42.1 Å². The van der Waals surface area contributed by atoms with E-state index in [1.165, 1.54) is 0 Å². The number of carbonyl (C=O) groups excluding carboxylic acids is 2. The highest BCUT2D eigenvalue weighted by Gasteiger charge is 2.40. The van der Waals surface area contributed by atoms with Crippen LogP contribution >= 0.6 is 15.9 Å². The Balaban J connectivity index is 2.29. The minimum Gasteiger partial charge on any atom is -0.493 e. The van der Waals surface area contributed by atoms with Crippen LogP contribution in [0.4, 0.5) is 4.79 Å². The molecule has 1 aromatic rings. The zero-order valence-corrected chi connectivity index (χ0v) is 15.8. The molecule has 2 amide bonds. The van der Waals surface area contributed by atoms with Gasteiger partial charge in [-0.2, -0.15) is 0 Å². The summed E-state index contributed by atoms with van der Waals surface area (Å²) >= 11 is 3.30. The van der Waals surface area contributed by atoms with Crippen LogP contribution in [0, 0.1) is 5.92 Å². The number of esters is 1.